The van der Waals surface area contributed by atoms with Crippen molar-refractivity contribution in [1.82, 2.24) is 14.5 Å². The molecule has 1 amide bonds. The summed E-state index contributed by atoms with van der Waals surface area (Å²) in [5, 5.41) is 3.03. The average molecular weight is 474 g/mol. The Labute approximate surface area is 186 Å². The minimum Gasteiger partial charge on any atom is -0.486 e. The molecule has 1 aromatic carbocycles. The second kappa shape index (κ2) is 9.88. The molecule has 0 bridgehead atoms. The van der Waals surface area contributed by atoms with E-state index in [2.05, 4.69) is 5.32 Å². The van der Waals surface area contributed by atoms with Crippen molar-refractivity contribution in [3.63, 3.8) is 0 Å². The van der Waals surface area contributed by atoms with Gasteiger partial charge < -0.3 is 14.8 Å². The number of alkyl halides is 2. The average Bonchev–Trinajstić information content (AvgIpc) is 2.79. The lowest BCUT2D eigenvalue weighted by Crippen LogP contribution is -2.49. The lowest BCUT2D eigenvalue weighted by Gasteiger charge is -2.34. The molecule has 11 heteroatoms. The van der Waals surface area contributed by atoms with Crippen LogP contribution in [0.5, 0.6) is 11.5 Å². The van der Waals surface area contributed by atoms with E-state index in [-0.39, 0.29) is 42.4 Å². The fourth-order valence-electron chi connectivity index (χ4n) is 4.47. The number of halogens is 2. The van der Waals surface area contributed by atoms with E-state index >= 15 is 0 Å². The van der Waals surface area contributed by atoms with Crippen LogP contribution in [0.4, 0.5) is 8.78 Å². The van der Waals surface area contributed by atoms with Gasteiger partial charge in [-0.05, 0) is 37.8 Å². The van der Waals surface area contributed by atoms with Gasteiger partial charge in [0.25, 0.3) is 6.43 Å². The Balaban J connectivity index is 1.28. The molecule has 0 radical (unpaired) electrons. The summed E-state index contributed by atoms with van der Waals surface area (Å²) in [7, 11) is -3.69. The maximum atomic E-state index is 13.0. The van der Waals surface area contributed by atoms with Crippen molar-refractivity contribution in [1.29, 1.82) is 0 Å². The number of sulfonamides is 1. The van der Waals surface area contributed by atoms with Crippen LogP contribution < -0.4 is 14.8 Å². The van der Waals surface area contributed by atoms with Crippen LogP contribution in [-0.4, -0.2) is 81.9 Å². The van der Waals surface area contributed by atoms with Crippen molar-refractivity contribution >= 4 is 15.9 Å². The minimum atomic E-state index is -3.69. The summed E-state index contributed by atoms with van der Waals surface area (Å²) >= 11 is 0. The Kier molecular flexibility index (Phi) is 7.16. The number of carbonyl (C=O) groups excluding carboxylic acids is 1. The monoisotopic (exact) mass is 473 g/mol. The quantitative estimate of drug-likeness (QED) is 0.677. The van der Waals surface area contributed by atoms with Crippen LogP contribution in [0.25, 0.3) is 0 Å². The van der Waals surface area contributed by atoms with Crippen molar-refractivity contribution in [3.05, 3.63) is 18.2 Å². The number of amides is 1. The van der Waals surface area contributed by atoms with E-state index in [1.165, 1.54) is 16.4 Å². The smallest absolute Gasteiger partial charge is 0.251 e. The number of likely N-dealkylation sites (tertiary alicyclic amines) is 1. The first-order chi connectivity index (χ1) is 15.3. The first-order valence-electron chi connectivity index (χ1n) is 11.0. The molecule has 3 aliphatic rings. The molecule has 0 aromatic heterocycles. The van der Waals surface area contributed by atoms with Crippen molar-refractivity contribution in [2.24, 2.45) is 5.92 Å². The van der Waals surface area contributed by atoms with Crippen LogP contribution in [0, 0.1) is 5.92 Å². The number of hydrogen-bond acceptors (Lipinski definition) is 6. The highest BCUT2D eigenvalue weighted by Gasteiger charge is 2.34. The lowest BCUT2D eigenvalue weighted by molar-refractivity contribution is -0.127. The number of fused-ring (bicyclic) bond motifs is 1. The van der Waals surface area contributed by atoms with Crippen LogP contribution in [0.3, 0.4) is 0 Å². The van der Waals surface area contributed by atoms with Gasteiger partial charge in [-0.25, -0.2) is 17.2 Å². The van der Waals surface area contributed by atoms with E-state index in [9.17, 15) is 22.0 Å². The molecule has 0 saturated carbocycles. The van der Waals surface area contributed by atoms with Crippen LogP contribution in [0.2, 0.25) is 0 Å². The number of nitrogens with zero attached hydrogens (tertiary/aromatic N) is 2. The van der Waals surface area contributed by atoms with Crippen molar-refractivity contribution in [2.45, 2.75) is 43.0 Å². The zero-order valence-corrected chi connectivity index (χ0v) is 18.7. The molecule has 0 spiro atoms. The summed E-state index contributed by atoms with van der Waals surface area (Å²) in [6.45, 7) is 2.20. The van der Waals surface area contributed by atoms with E-state index in [0.29, 0.717) is 63.5 Å². The third kappa shape index (κ3) is 5.32. The van der Waals surface area contributed by atoms with Gasteiger partial charge in [0, 0.05) is 44.2 Å². The maximum Gasteiger partial charge on any atom is 0.251 e. The second-order valence-electron chi connectivity index (χ2n) is 8.46. The highest BCUT2D eigenvalue weighted by molar-refractivity contribution is 7.89. The van der Waals surface area contributed by atoms with Crippen LogP contribution in [-0.2, 0) is 14.8 Å². The number of ether oxygens (including phenoxy) is 2. The lowest BCUT2D eigenvalue weighted by atomic mass is 9.96. The van der Waals surface area contributed by atoms with E-state index in [4.69, 9.17) is 9.47 Å². The van der Waals surface area contributed by atoms with E-state index in [0.717, 1.165) is 0 Å². The van der Waals surface area contributed by atoms with Gasteiger partial charge in [0.1, 0.15) is 13.2 Å². The first kappa shape index (κ1) is 23.2. The Morgan fingerprint density at radius 3 is 2.34 bits per heavy atom. The van der Waals surface area contributed by atoms with E-state index in [1.54, 1.807) is 11.0 Å². The van der Waals surface area contributed by atoms with Gasteiger partial charge in [-0.15, -0.1) is 0 Å². The van der Waals surface area contributed by atoms with Crippen molar-refractivity contribution in [2.75, 3.05) is 45.9 Å². The molecule has 8 nitrogen and oxygen atoms in total. The summed E-state index contributed by atoms with van der Waals surface area (Å²) in [6.07, 6.45) is -0.157. The molecule has 3 aliphatic heterocycles. The fourth-order valence-corrected chi connectivity index (χ4v) is 5.95. The molecule has 32 heavy (non-hydrogen) atoms. The molecular formula is C21H29F2N3O5S. The topological polar surface area (TPSA) is 88.2 Å². The SMILES string of the molecule is O=C(NC1CCN(CC(F)F)CC1)C1CCN(S(=O)(=O)c2ccc3c(c2)OCCO3)CC1. The zero-order valence-electron chi connectivity index (χ0n) is 17.8. The number of rotatable bonds is 6. The van der Waals surface area contributed by atoms with Gasteiger partial charge in [0.2, 0.25) is 15.9 Å². The highest BCUT2D eigenvalue weighted by Crippen LogP contribution is 2.34. The van der Waals surface area contributed by atoms with Crippen molar-refractivity contribution in [3.8, 4) is 11.5 Å². The molecule has 0 unspecified atom stereocenters. The number of carbonyl (C=O) groups is 1. The van der Waals surface area contributed by atoms with Gasteiger partial charge in [0.15, 0.2) is 11.5 Å². The number of piperidine rings is 2. The molecule has 2 fully saturated rings. The molecule has 1 aromatic rings. The minimum absolute atomic E-state index is 0.0177. The summed E-state index contributed by atoms with van der Waals surface area (Å²) < 4.78 is 63.4. The number of hydrogen-bond donors (Lipinski definition) is 1. The second-order valence-corrected chi connectivity index (χ2v) is 10.4. The summed E-state index contributed by atoms with van der Waals surface area (Å²) in [6, 6.07) is 4.59. The maximum absolute atomic E-state index is 13.0. The predicted molar refractivity (Wildman–Crippen MR) is 113 cm³/mol. The van der Waals surface area contributed by atoms with E-state index < -0.39 is 16.4 Å². The molecule has 178 valence electrons. The first-order valence-corrected chi connectivity index (χ1v) is 12.5. The third-order valence-corrected chi connectivity index (χ3v) is 8.20. The standard InChI is InChI=1S/C21H29F2N3O5S/c22-20(23)14-25-7-5-16(6-8-25)24-21(27)15-3-9-26(10-4-15)32(28,29)17-1-2-18-19(13-17)31-12-11-30-18/h1-2,13,15-16,20H,3-12,14H2,(H,24,27). The third-order valence-electron chi connectivity index (χ3n) is 6.31. The molecule has 3 heterocycles. The summed E-state index contributed by atoms with van der Waals surface area (Å²) in [5.41, 5.74) is 0. The largest absolute Gasteiger partial charge is 0.486 e. The molecule has 4 rings (SSSR count). The number of nitrogens with one attached hydrogen (secondary N) is 1. The predicted octanol–water partition coefficient (Wildman–Crippen LogP) is 1.70. The summed E-state index contributed by atoms with van der Waals surface area (Å²) in [4.78, 5) is 14.5. The van der Waals surface area contributed by atoms with Gasteiger partial charge >= 0.3 is 0 Å². The van der Waals surface area contributed by atoms with Crippen LogP contribution >= 0.6 is 0 Å². The Morgan fingerprint density at radius 2 is 1.69 bits per heavy atom. The molecule has 0 atom stereocenters. The van der Waals surface area contributed by atoms with Gasteiger partial charge in [0.05, 0.1) is 11.4 Å². The number of benzene rings is 1. The normalized spacial score (nSPS) is 21.6. The zero-order chi connectivity index (χ0) is 22.7. The summed E-state index contributed by atoms with van der Waals surface area (Å²) in [5.74, 6) is 0.631. The van der Waals surface area contributed by atoms with Gasteiger partial charge in [-0.2, -0.15) is 4.31 Å². The van der Waals surface area contributed by atoms with Crippen LogP contribution in [0.1, 0.15) is 25.7 Å². The molecule has 0 aliphatic carbocycles. The molecule has 2 saturated heterocycles. The Hall–Kier alpha value is -1.98. The van der Waals surface area contributed by atoms with E-state index in [1.807, 2.05) is 0 Å². The Bertz CT molecular complexity index is 914. The van der Waals surface area contributed by atoms with Crippen LogP contribution in [0.15, 0.2) is 23.1 Å². The van der Waals surface area contributed by atoms with Gasteiger partial charge in [-0.3, -0.25) is 9.69 Å². The Morgan fingerprint density at radius 1 is 1.03 bits per heavy atom. The fraction of sp³-hybridized carbons (Fsp3) is 0.667. The van der Waals surface area contributed by atoms with Gasteiger partial charge in [-0.1, -0.05) is 0 Å². The highest BCUT2D eigenvalue weighted by atomic mass is 32.2. The molecular weight excluding hydrogens is 444 g/mol. The molecule has 1 N–H and O–H groups in total. The van der Waals surface area contributed by atoms with Crippen molar-refractivity contribution < 1.29 is 31.5 Å².